The van der Waals surface area contributed by atoms with Crippen molar-refractivity contribution in [1.82, 2.24) is 5.32 Å². The van der Waals surface area contributed by atoms with E-state index in [1.165, 1.54) is 0 Å². The fourth-order valence-electron chi connectivity index (χ4n) is 1.71. The molecule has 0 saturated carbocycles. The van der Waals surface area contributed by atoms with Gasteiger partial charge < -0.3 is 9.73 Å². The number of Topliss-reactive ketones (excluding diaryl/α,β-unsaturated/α-hetero) is 1. The highest BCUT2D eigenvalue weighted by atomic mass is 32.2. The minimum absolute atomic E-state index is 0.255. The molecule has 4 heteroatoms. The molecule has 0 spiro atoms. The standard InChI is InChI=1S/C11H15NO2S/c13-10(7-11-2-1-4-14-11)6-9-8-15-5-3-12-9/h1-2,4,9,12H,3,5-8H2. The number of carbonyl (C=O) groups is 1. The minimum atomic E-state index is 0.255. The lowest BCUT2D eigenvalue weighted by Crippen LogP contribution is -2.39. The van der Waals surface area contributed by atoms with E-state index in [1.807, 2.05) is 23.9 Å². The minimum Gasteiger partial charge on any atom is -0.469 e. The highest BCUT2D eigenvalue weighted by Crippen LogP contribution is 2.12. The molecule has 1 aromatic rings. The Hall–Kier alpha value is -0.740. The maximum atomic E-state index is 11.7. The molecule has 1 atom stereocenters. The molecule has 1 N–H and O–H groups in total. The lowest BCUT2D eigenvalue weighted by Gasteiger charge is -2.22. The van der Waals surface area contributed by atoms with Crippen molar-refractivity contribution < 1.29 is 9.21 Å². The quantitative estimate of drug-likeness (QED) is 0.843. The summed E-state index contributed by atoms with van der Waals surface area (Å²) in [6.45, 7) is 1.02. The highest BCUT2D eigenvalue weighted by Gasteiger charge is 2.17. The topological polar surface area (TPSA) is 42.2 Å². The van der Waals surface area contributed by atoms with Crippen LogP contribution in [0.2, 0.25) is 0 Å². The number of hydrogen-bond acceptors (Lipinski definition) is 4. The SMILES string of the molecule is O=C(Cc1ccco1)CC1CSCCN1. The molecule has 0 radical (unpaired) electrons. The second-order valence-corrected chi connectivity index (χ2v) is 4.87. The molecule has 0 bridgehead atoms. The van der Waals surface area contributed by atoms with E-state index in [0.717, 1.165) is 23.8 Å². The third kappa shape index (κ3) is 3.39. The maximum Gasteiger partial charge on any atom is 0.142 e. The first-order valence-electron chi connectivity index (χ1n) is 5.20. The van der Waals surface area contributed by atoms with Crippen LogP contribution in [0.15, 0.2) is 22.8 Å². The van der Waals surface area contributed by atoms with Gasteiger partial charge in [0.2, 0.25) is 0 Å². The molecular formula is C11H15NO2S. The molecule has 2 heterocycles. The van der Waals surface area contributed by atoms with E-state index >= 15 is 0 Å². The number of ketones is 1. The van der Waals surface area contributed by atoms with E-state index in [9.17, 15) is 4.79 Å². The van der Waals surface area contributed by atoms with E-state index in [-0.39, 0.29) is 5.78 Å². The van der Waals surface area contributed by atoms with Gasteiger partial charge in [-0.05, 0) is 12.1 Å². The summed E-state index contributed by atoms with van der Waals surface area (Å²) < 4.78 is 5.15. The normalized spacial score (nSPS) is 21.5. The summed E-state index contributed by atoms with van der Waals surface area (Å²) >= 11 is 1.91. The zero-order valence-corrected chi connectivity index (χ0v) is 9.39. The zero-order valence-electron chi connectivity index (χ0n) is 8.57. The molecule has 1 fully saturated rings. The van der Waals surface area contributed by atoms with Gasteiger partial charge in [-0.3, -0.25) is 4.79 Å². The molecule has 1 unspecified atom stereocenters. The van der Waals surface area contributed by atoms with E-state index in [4.69, 9.17) is 4.42 Å². The van der Waals surface area contributed by atoms with Crippen LogP contribution < -0.4 is 5.32 Å². The van der Waals surface area contributed by atoms with E-state index < -0.39 is 0 Å². The van der Waals surface area contributed by atoms with Gasteiger partial charge in [-0.25, -0.2) is 0 Å². The lowest BCUT2D eigenvalue weighted by atomic mass is 10.1. The fourth-order valence-corrected chi connectivity index (χ4v) is 2.65. The summed E-state index contributed by atoms with van der Waals surface area (Å²) in [5.41, 5.74) is 0. The van der Waals surface area contributed by atoms with E-state index in [1.54, 1.807) is 6.26 Å². The molecule has 1 saturated heterocycles. The molecule has 15 heavy (non-hydrogen) atoms. The first kappa shape index (κ1) is 10.8. The van der Waals surface area contributed by atoms with Gasteiger partial charge in [0.15, 0.2) is 0 Å². The molecule has 3 nitrogen and oxygen atoms in total. The number of furan rings is 1. The van der Waals surface area contributed by atoms with Gasteiger partial charge in [-0.15, -0.1) is 0 Å². The Labute approximate surface area is 93.6 Å². The van der Waals surface area contributed by atoms with Gasteiger partial charge in [0.1, 0.15) is 11.5 Å². The van der Waals surface area contributed by atoms with Crippen LogP contribution in [0.3, 0.4) is 0 Å². The molecule has 0 aliphatic carbocycles. The molecule has 0 aromatic carbocycles. The van der Waals surface area contributed by atoms with Crippen LogP contribution in [-0.2, 0) is 11.2 Å². The largest absolute Gasteiger partial charge is 0.469 e. The predicted octanol–water partition coefficient (Wildman–Crippen LogP) is 1.49. The number of carbonyl (C=O) groups excluding carboxylic acids is 1. The summed E-state index contributed by atoms with van der Waals surface area (Å²) in [4.78, 5) is 11.7. The number of hydrogen-bond donors (Lipinski definition) is 1. The Kier molecular flexibility index (Phi) is 3.86. The number of rotatable bonds is 4. The molecular weight excluding hydrogens is 210 g/mol. The number of nitrogens with one attached hydrogen (secondary N) is 1. The van der Waals surface area contributed by atoms with Crippen molar-refractivity contribution in [2.24, 2.45) is 0 Å². The van der Waals surface area contributed by atoms with Crippen LogP contribution in [0.4, 0.5) is 0 Å². The molecule has 1 aliphatic rings. The Morgan fingerprint density at radius 3 is 3.27 bits per heavy atom. The van der Waals surface area contributed by atoms with Crippen LogP contribution in [0.25, 0.3) is 0 Å². The number of thioether (sulfide) groups is 1. The molecule has 1 aromatic heterocycles. The summed E-state index contributed by atoms with van der Waals surface area (Å²) in [5, 5.41) is 3.36. The lowest BCUT2D eigenvalue weighted by molar-refractivity contribution is -0.119. The second kappa shape index (κ2) is 5.37. The van der Waals surface area contributed by atoms with Crippen LogP contribution in [0, 0.1) is 0 Å². The predicted molar refractivity (Wildman–Crippen MR) is 61.2 cm³/mol. The summed E-state index contributed by atoms with van der Waals surface area (Å²) in [7, 11) is 0. The molecule has 1 aliphatic heterocycles. The van der Waals surface area contributed by atoms with Crippen molar-refractivity contribution in [2.75, 3.05) is 18.1 Å². The van der Waals surface area contributed by atoms with Crippen molar-refractivity contribution >= 4 is 17.5 Å². The Morgan fingerprint density at radius 1 is 1.67 bits per heavy atom. The third-order valence-electron chi connectivity index (χ3n) is 2.42. The Morgan fingerprint density at radius 2 is 2.60 bits per heavy atom. The third-order valence-corrected chi connectivity index (χ3v) is 3.55. The molecule has 82 valence electrons. The summed E-state index contributed by atoms with van der Waals surface area (Å²) in [6, 6.07) is 4.02. The monoisotopic (exact) mass is 225 g/mol. The Bertz CT molecular complexity index is 304. The Balaban J connectivity index is 1.76. The smallest absolute Gasteiger partial charge is 0.142 e. The van der Waals surface area contributed by atoms with Crippen molar-refractivity contribution in [3.63, 3.8) is 0 Å². The van der Waals surface area contributed by atoms with Gasteiger partial charge >= 0.3 is 0 Å². The molecule has 0 amide bonds. The highest BCUT2D eigenvalue weighted by molar-refractivity contribution is 7.99. The summed E-state index contributed by atoms with van der Waals surface area (Å²) in [6.07, 6.45) is 2.65. The maximum absolute atomic E-state index is 11.7. The van der Waals surface area contributed by atoms with Crippen LogP contribution in [0.5, 0.6) is 0 Å². The van der Waals surface area contributed by atoms with Gasteiger partial charge in [0.05, 0.1) is 12.7 Å². The van der Waals surface area contributed by atoms with Gasteiger partial charge in [-0.1, -0.05) is 0 Å². The van der Waals surface area contributed by atoms with Gasteiger partial charge in [0, 0.05) is 30.5 Å². The first-order valence-corrected chi connectivity index (χ1v) is 6.35. The van der Waals surface area contributed by atoms with Crippen molar-refractivity contribution in [3.05, 3.63) is 24.2 Å². The van der Waals surface area contributed by atoms with Crippen LogP contribution in [-0.4, -0.2) is 29.9 Å². The average molecular weight is 225 g/mol. The zero-order chi connectivity index (χ0) is 10.5. The molecule has 2 rings (SSSR count). The van der Waals surface area contributed by atoms with Gasteiger partial charge in [0.25, 0.3) is 0 Å². The first-order chi connectivity index (χ1) is 7.34. The van der Waals surface area contributed by atoms with Crippen LogP contribution >= 0.6 is 11.8 Å². The van der Waals surface area contributed by atoms with Gasteiger partial charge in [-0.2, -0.15) is 11.8 Å². The van der Waals surface area contributed by atoms with E-state index in [0.29, 0.717) is 18.9 Å². The average Bonchev–Trinajstić information content (AvgIpc) is 2.71. The van der Waals surface area contributed by atoms with Crippen molar-refractivity contribution in [3.8, 4) is 0 Å². The fraction of sp³-hybridized carbons (Fsp3) is 0.545. The van der Waals surface area contributed by atoms with Crippen molar-refractivity contribution in [1.29, 1.82) is 0 Å². The second-order valence-electron chi connectivity index (χ2n) is 3.72. The van der Waals surface area contributed by atoms with E-state index in [2.05, 4.69) is 5.32 Å². The van der Waals surface area contributed by atoms with Crippen molar-refractivity contribution in [2.45, 2.75) is 18.9 Å². The van der Waals surface area contributed by atoms with Crippen LogP contribution in [0.1, 0.15) is 12.2 Å². The summed E-state index contributed by atoms with van der Waals surface area (Å²) in [5.74, 6) is 3.22.